The van der Waals surface area contributed by atoms with Gasteiger partial charge in [-0.1, -0.05) is 11.8 Å². The van der Waals surface area contributed by atoms with Crippen LogP contribution in [0.15, 0.2) is 33.7 Å². The van der Waals surface area contributed by atoms with Crippen molar-refractivity contribution in [1.82, 2.24) is 4.90 Å². The summed E-state index contributed by atoms with van der Waals surface area (Å²) in [5.74, 6) is 0.467. The number of aliphatic imine (C=N–C) groups is 2. The molecule has 1 saturated carbocycles. The Morgan fingerprint density at radius 2 is 2.26 bits per heavy atom. The standard InChI is InChI=1S/C17H20N4OS/c18-8-3-13-1-6-16(11-22,7-2-13)21-12-20-17-14(5-10-23-17)19-9-4-15(17)21/h4-5,9-10,12-13,15,22H,1-3,6-7,11H2. The highest BCUT2D eigenvalue weighted by Crippen LogP contribution is 2.49. The molecule has 6 heteroatoms. The van der Waals surface area contributed by atoms with Crippen molar-refractivity contribution in [2.75, 3.05) is 6.61 Å². The van der Waals surface area contributed by atoms with Crippen LogP contribution in [0.25, 0.3) is 0 Å². The minimum Gasteiger partial charge on any atom is -0.394 e. The largest absolute Gasteiger partial charge is 0.394 e. The molecule has 0 bridgehead atoms. The predicted molar refractivity (Wildman–Crippen MR) is 92.2 cm³/mol. The number of nitrogens with zero attached hydrogens (tertiary/aromatic N) is 4. The van der Waals surface area contributed by atoms with E-state index in [2.05, 4.69) is 27.4 Å². The molecule has 2 unspecified atom stereocenters. The first kappa shape index (κ1) is 15.0. The first-order valence-corrected chi connectivity index (χ1v) is 9.03. The summed E-state index contributed by atoms with van der Waals surface area (Å²) in [5.41, 5.74) is 0.736. The zero-order chi connectivity index (χ0) is 15.9. The Morgan fingerprint density at radius 1 is 1.43 bits per heavy atom. The second kappa shape index (κ2) is 5.50. The van der Waals surface area contributed by atoms with Gasteiger partial charge in [0.05, 0.1) is 36.3 Å². The van der Waals surface area contributed by atoms with Crippen molar-refractivity contribution in [2.45, 2.75) is 48.6 Å². The second-order valence-corrected chi connectivity index (χ2v) is 7.89. The highest BCUT2D eigenvalue weighted by molar-refractivity contribution is 8.04. The van der Waals surface area contributed by atoms with E-state index >= 15 is 0 Å². The molecule has 1 spiro atoms. The highest BCUT2D eigenvalue weighted by atomic mass is 32.2. The van der Waals surface area contributed by atoms with Gasteiger partial charge in [0.1, 0.15) is 0 Å². The zero-order valence-corrected chi connectivity index (χ0v) is 13.7. The van der Waals surface area contributed by atoms with Crippen LogP contribution < -0.4 is 0 Å². The van der Waals surface area contributed by atoms with Gasteiger partial charge >= 0.3 is 0 Å². The van der Waals surface area contributed by atoms with Crippen molar-refractivity contribution in [3.05, 3.63) is 23.8 Å². The van der Waals surface area contributed by atoms with Gasteiger partial charge in [0.2, 0.25) is 0 Å². The maximum atomic E-state index is 10.2. The molecule has 1 fully saturated rings. The number of aliphatic hydroxyl groups excluding tert-OH is 1. The molecule has 0 amide bonds. The fourth-order valence-corrected chi connectivity index (χ4v) is 5.30. The Morgan fingerprint density at radius 3 is 3.00 bits per heavy atom. The van der Waals surface area contributed by atoms with Gasteiger partial charge in [-0.05, 0) is 49.2 Å². The van der Waals surface area contributed by atoms with Gasteiger partial charge in [-0.15, -0.1) is 0 Å². The van der Waals surface area contributed by atoms with Crippen molar-refractivity contribution >= 4 is 23.8 Å². The van der Waals surface area contributed by atoms with Crippen LogP contribution in [0.1, 0.15) is 32.1 Å². The quantitative estimate of drug-likeness (QED) is 0.864. The molecule has 3 aliphatic heterocycles. The number of aliphatic hydroxyl groups is 1. The van der Waals surface area contributed by atoms with Gasteiger partial charge in [0.25, 0.3) is 0 Å². The van der Waals surface area contributed by atoms with Crippen molar-refractivity contribution in [3.8, 4) is 6.07 Å². The smallest absolute Gasteiger partial charge is 0.177 e. The summed E-state index contributed by atoms with van der Waals surface area (Å²) in [6.45, 7) is 0.128. The highest BCUT2D eigenvalue weighted by Gasteiger charge is 2.55. The van der Waals surface area contributed by atoms with Crippen molar-refractivity contribution < 1.29 is 5.11 Å². The minimum atomic E-state index is -0.361. The van der Waals surface area contributed by atoms with E-state index in [9.17, 15) is 5.11 Å². The van der Waals surface area contributed by atoms with Gasteiger partial charge in [0, 0.05) is 12.6 Å². The van der Waals surface area contributed by atoms with E-state index in [1.165, 1.54) is 0 Å². The lowest BCUT2D eigenvalue weighted by molar-refractivity contribution is 0.0275. The third kappa shape index (κ3) is 2.10. The number of hydrogen-bond donors (Lipinski definition) is 1. The van der Waals surface area contributed by atoms with Gasteiger partial charge < -0.3 is 10.0 Å². The summed E-state index contributed by atoms with van der Waals surface area (Å²) < 4.78 is 0. The molecule has 4 rings (SSSR count). The van der Waals surface area contributed by atoms with Crippen LogP contribution in [0, 0.1) is 17.2 Å². The van der Waals surface area contributed by atoms with Gasteiger partial charge in [0.15, 0.2) is 4.87 Å². The topological polar surface area (TPSA) is 72.0 Å². The maximum Gasteiger partial charge on any atom is 0.177 e. The van der Waals surface area contributed by atoms with Gasteiger partial charge in [-0.3, -0.25) is 4.99 Å². The summed E-state index contributed by atoms with van der Waals surface area (Å²) >= 11 is 1.70. The van der Waals surface area contributed by atoms with Crippen LogP contribution in [0.2, 0.25) is 0 Å². The number of hydrogen-bond acceptors (Lipinski definition) is 6. The summed E-state index contributed by atoms with van der Waals surface area (Å²) in [4.78, 5) is 11.2. The molecule has 4 aliphatic rings. The van der Waals surface area contributed by atoms with E-state index in [0.29, 0.717) is 12.3 Å². The third-order valence-electron chi connectivity index (χ3n) is 5.66. The van der Waals surface area contributed by atoms with Crippen LogP contribution >= 0.6 is 11.8 Å². The Hall–Kier alpha value is -1.58. The molecule has 1 aliphatic carbocycles. The molecule has 120 valence electrons. The molecule has 0 aromatic heterocycles. The normalized spacial score (nSPS) is 40.7. The summed E-state index contributed by atoms with van der Waals surface area (Å²) in [7, 11) is 0. The van der Waals surface area contributed by atoms with E-state index in [-0.39, 0.29) is 23.1 Å². The van der Waals surface area contributed by atoms with Gasteiger partial charge in [-0.25, -0.2) is 4.99 Å². The van der Waals surface area contributed by atoms with Gasteiger partial charge in [-0.2, -0.15) is 5.26 Å². The van der Waals surface area contributed by atoms with Crippen LogP contribution in [0.4, 0.5) is 0 Å². The van der Waals surface area contributed by atoms with E-state index in [4.69, 9.17) is 10.3 Å². The van der Waals surface area contributed by atoms with Crippen LogP contribution in [0.3, 0.4) is 0 Å². The minimum absolute atomic E-state index is 0.106. The Kier molecular flexibility index (Phi) is 3.58. The molecule has 3 heterocycles. The molecule has 2 atom stereocenters. The maximum absolute atomic E-state index is 10.2. The molecule has 0 aromatic carbocycles. The third-order valence-corrected chi connectivity index (χ3v) is 6.84. The fraction of sp³-hybridized carbons (Fsp3) is 0.588. The van der Waals surface area contributed by atoms with Crippen LogP contribution in [-0.2, 0) is 0 Å². The van der Waals surface area contributed by atoms with E-state index < -0.39 is 0 Å². The van der Waals surface area contributed by atoms with Crippen molar-refractivity contribution in [1.29, 1.82) is 5.26 Å². The monoisotopic (exact) mass is 328 g/mol. The Labute approximate surface area is 140 Å². The number of nitriles is 1. The Bertz CT molecular complexity index is 654. The molecule has 1 N–H and O–H groups in total. The lowest BCUT2D eigenvalue weighted by atomic mass is 9.74. The summed E-state index contributed by atoms with van der Waals surface area (Å²) in [6.07, 6.45) is 12.4. The second-order valence-electron chi connectivity index (χ2n) is 6.76. The lowest BCUT2D eigenvalue weighted by Crippen LogP contribution is -2.59. The van der Waals surface area contributed by atoms with Crippen LogP contribution in [-0.4, -0.2) is 45.1 Å². The molecule has 23 heavy (non-hydrogen) atoms. The predicted octanol–water partition coefficient (Wildman–Crippen LogP) is 2.46. The van der Waals surface area contributed by atoms with Crippen molar-refractivity contribution in [3.63, 3.8) is 0 Å². The number of rotatable bonds is 3. The fourth-order valence-electron chi connectivity index (χ4n) is 4.21. The zero-order valence-electron chi connectivity index (χ0n) is 12.9. The Balaban J connectivity index is 1.59. The molecular weight excluding hydrogens is 308 g/mol. The lowest BCUT2D eigenvalue weighted by Gasteiger charge is -2.49. The first-order valence-electron chi connectivity index (χ1n) is 8.15. The molecule has 0 radical (unpaired) electrons. The van der Waals surface area contributed by atoms with E-state index in [1.54, 1.807) is 11.8 Å². The SMILES string of the molecule is N#CCC1CCC(CO)(N2C=NC34SC=CC3=NC=CC24)CC1. The average molecular weight is 328 g/mol. The molecule has 0 aromatic rings. The average Bonchev–Trinajstić information content (AvgIpc) is 3.18. The van der Waals surface area contributed by atoms with E-state index in [1.807, 2.05) is 18.6 Å². The number of thioether (sulfide) groups is 1. The van der Waals surface area contributed by atoms with E-state index in [0.717, 1.165) is 31.4 Å². The molecule has 0 saturated heterocycles. The summed E-state index contributed by atoms with van der Waals surface area (Å²) in [6, 6.07) is 2.39. The molecular formula is C17H20N4OS. The first-order chi connectivity index (χ1) is 11.2. The van der Waals surface area contributed by atoms with Crippen LogP contribution in [0.5, 0.6) is 0 Å². The summed E-state index contributed by atoms with van der Waals surface area (Å²) in [5, 5.41) is 21.2. The van der Waals surface area contributed by atoms with Crippen molar-refractivity contribution in [2.24, 2.45) is 15.9 Å². The molecule has 5 nitrogen and oxygen atoms in total.